The van der Waals surface area contributed by atoms with Crippen molar-refractivity contribution in [3.8, 4) is 0 Å². The molecule has 0 spiro atoms. The third kappa shape index (κ3) is 20.2. The van der Waals surface area contributed by atoms with Crippen molar-refractivity contribution in [3.05, 3.63) is 0 Å². The summed E-state index contributed by atoms with van der Waals surface area (Å²) in [6.45, 7) is 2.77. The van der Waals surface area contributed by atoms with E-state index in [4.69, 9.17) is 14.9 Å². The summed E-state index contributed by atoms with van der Waals surface area (Å²) in [5.74, 6) is 0. The minimum Gasteiger partial charge on any atom is -0.394 e. The first-order valence-electron chi connectivity index (χ1n) is 11.7. The Morgan fingerprint density at radius 3 is 1.12 bits per heavy atom. The van der Waals surface area contributed by atoms with Crippen molar-refractivity contribution in [1.29, 1.82) is 0 Å². The van der Waals surface area contributed by atoms with Crippen LogP contribution in [0.4, 0.5) is 0 Å². The van der Waals surface area contributed by atoms with Crippen molar-refractivity contribution in [2.75, 3.05) is 19.8 Å². The fourth-order valence-electron chi connectivity index (χ4n) is 3.42. The van der Waals surface area contributed by atoms with Crippen LogP contribution >= 0.6 is 0 Å². The number of rotatable bonds is 22. The van der Waals surface area contributed by atoms with Crippen molar-refractivity contribution < 1.29 is 14.9 Å². The molecule has 2 N–H and O–H groups in total. The molecule has 3 heteroatoms. The Morgan fingerprint density at radius 1 is 0.500 bits per heavy atom. The molecule has 0 bridgehead atoms. The van der Waals surface area contributed by atoms with E-state index in [1.165, 1.54) is 109 Å². The molecule has 0 saturated carbocycles. The number of hydrogen-bond acceptors (Lipinski definition) is 3. The number of ether oxygens (including phenoxy) is 1. The number of aliphatic hydroxyl groups excluding tert-OH is 2. The maximum absolute atomic E-state index is 8.89. The highest BCUT2D eigenvalue weighted by Gasteiger charge is 2.04. The molecule has 0 fully saturated rings. The molecule has 0 aliphatic rings. The molecule has 0 saturated heterocycles. The maximum atomic E-state index is 8.89. The molecule has 0 aromatic rings. The molecule has 0 aliphatic carbocycles. The van der Waals surface area contributed by atoms with Crippen molar-refractivity contribution >= 4 is 0 Å². The van der Waals surface area contributed by atoms with Gasteiger partial charge in [0.2, 0.25) is 0 Å². The molecule has 0 radical (unpaired) electrons. The summed E-state index contributed by atoms with van der Waals surface area (Å²) in [6, 6.07) is 0. The molecule has 26 heavy (non-hydrogen) atoms. The Labute approximate surface area is 163 Å². The fraction of sp³-hybridized carbons (Fsp3) is 1.00. The zero-order valence-corrected chi connectivity index (χ0v) is 17.7. The Balaban J connectivity index is 3.03. The lowest BCUT2D eigenvalue weighted by Crippen LogP contribution is -2.22. The van der Waals surface area contributed by atoms with Crippen LogP contribution in [0.1, 0.15) is 122 Å². The van der Waals surface area contributed by atoms with E-state index in [2.05, 4.69) is 6.92 Å². The third-order valence-corrected chi connectivity index (χ3v) is 5.26. The molecule has 0 aromatic carbocycles. The molecule has 158 valence electrons. The van der Waals surface area contributed by atoms with Gasteiger partial charge in [0.05, 0.1) is 13.2 Å². The van der Waals surface area contributed by atoms with Gasteiger partial charge in [-0.1, -0.05) is 116 Å². The van der Waals surface area contributed by atoms with Gasteiger partial charge in [-0.25, -0.2) is 0 Å². The predicted molar refractivity (Wildman–Crippen MR) is 113 cm³/mol. The summed E-state index contributed by atoms with van der Waals surface area (Å²) >= 11 is 0. The molecule has 3 nitrogen and oxygen atoms in total. The number of hydrogen-bond donors (Lipinski definition) is 2. The average molecular weight is 373 g/mol. The number of unbranched alkanes of at least 4 members (excludes halogenated alkanes) is 17. The Bertz CT molecular complexity index is 242. The van der Waals surface area contributed by atoms with Gasteiger partial charge in [-0.2, -0.15) is 0 Å². The summed E-state index contributed by atoms with van der Waals surface area (Å²) in [5, 5.41) is 17.8. The molecule has 0 aliphatic heterocycles. The lowest BCUT2D eigenvalue weighted by atomic mass is 10.0. The van der Waals surface area contributed by atoms with Crippen molar-refractivity contribution in [2.45, 2.75) is 129 Å². The quantitative estimate of drug-likeness (QED) is 0.216. The zero-order chi connectivity index (χ0) is 19.1. The van der Waals surface area contributed by atoms with E-state index in [0.717, 1.165) is 6.42 Å². The van der Waals surface area contributed by atoms with Gasteiger partial charge in [-0.3, -0.25) is 0 Å². The monoisotopic (exact) mass is 372 g/mol. The first kappa shape index (κ1) is 25.9. The van der Waals surface area contributed by atoms with E-state index in [1.54, 1.807) is 0 Å². The van der Waals surface area contributed by atoms with Gasteiger partial charge in [0.15, 0.2) is 0 Å². The second kappa shape index (κ2) is 22.9. The van der Waals surface area contributed by atoms with Crippen LogP contribution in [0.5, 0.6) is 0 Å². The predicted octanol–water partition coefficient (Wildman–Crippen LogP) is 6.40. The van der Waals surface area contributed by atoms with Crippen molar-refractivity contribution in [2.24, 2.45) is 0 Å². The molecular weight excluding hydrogens is 324 g/mol. The smallest absolute Gasteiger partial charge is 0.104 e. The second-order valence-corrected chi connectivity index (χ2v) is 7.87. The minimum absolute atomic E-state index is 0.0878. The van der Waals surface area contributed by atoms with E-state index in [0.29, 0.717) is 6.61 Å². The van der Waals surface area contributed by atoms with Crippen molar-refractivity contribution in [1.82, 2.24) is 0 Å². The molecule has 0 amide bonds. The van der Waals surface area contributed by atoms with Gasteiger partial charge in [0, 0.05) is 6.61 Å². The van der Waals surface area contributed by atoms with Crippen LogP contribution in [0.2, 0.25) is 0 Å². The first-order valence-corrected chi connectivity index (χ1v) is 11.7. The fourth-order valence-corrected chi connectivity index (χ4v) is 3.42. The van der Waals surface area contributed by atoms with E-state index >= 15 is 0 Å². The molecular formula is C23H48O3. The Hall–Kier alpha value is -0.120. The summed E-state index contributed by atoms with van der Waals surface area (Å²) in [5.41, 5.74) is 0. The highest BCUT2D eigenvalue weighted by Crippen LogP contribution is 2.14. The van der Waals surface area contributed by atoms with Crippen LogP contribution in [-0.4, -0.2) is 36.1 Å². The van der Waals surface area contributed by atoms with Crippen LogP contribution in [0, 0.1) is 0 Å². The lowest BCUT2D eigenvalue weighted by Gasteiger charge is -2.11. The maximum Gasteiger partial charge on any atom is 0.104 e. The van der Waals surface area contributed by atoms with E-state index < -0.39 is 0 Å². The van der Waals surface area contributed by atoms with Gasteiger partial charge in [-0.05, 0) is 6.42 Å². The van der Waals surface area contributed by atoms with Crippen LogP contribution in [0.15, 0.2) is 0 Å². The molecule has 0 heterocycles. The van der Waals surface area contributed by atoms with Crippen molar-refractivity contribution in [3.63, 3.8) is 0 Å². The summed E-state index contributed by atoms with van der Waals surface area (Å²) in [6.07, 6.45) is 24.4. The van der Waals surface area contributed by atoms with E-state index in [-0.39, 0.29) is 19.3 Å². The molecule has 0 aromatic heterocycles. The highest BCUT2D eigenvalue weighted by molar-refractivity contribution is 4.53. The van der Waals surface area contributed by atoms with Gasteiger partial charge in [0.25, 0.3) is 0 Å². The van der Waals surface area contributed by atoms with E-state index in [9.17, 15) is 0 Å². The van der Waals surface area contributed by atoms with Crippen LogP contribution < -0.4 is 0 Å². The molecule has 0 unspecified atom stereocenters. The SMILES string of the molecule is CCCCCCCCCCCCCCCCCCCCOC(CO)CO. The lowest BCUT2D eigenvalue weighted by molar-refractivity contribution is -0.0208. The highest BCUT2D eigenvalue weighted by atomic mass is 16.5. The Morgan fingerprint density at radius 2 is 0.808 bits per heavy atom. The van der Waals surface area contributed by atoms with Gasteiger partial charge in [-0.15, -0.1) is 0 Å². The molecule has 0 rings (SSSR count). The summed E-state index contributed by atoms with van der Waals surface area (Å²) in [4.78, 5) is 0. The third-order valence-electron chi connectivity index (χ3n) is 5.26. The number of aliphatic hydroxyl groups is 2. The van der Waals surface area contributed by atoms with Gasteiger partial charge in [0.1, 0.15) is 6.10 Å². The zero-order valence-electron chi connectivity index (χ0n) is 17.7. The first-order chi connectivity index (χ1) is 12.8. The van der Waals surface area contributed by atoms with E-state index in [1.807, 2.05) is 0 Å². The van der Waals surface area contributed by atoms with Crippen LogP contribution in [-0.2, 0) is 4.74 Å². The van der Waals surface area contributed by atoms with Gasteiger partial charge < -0.3 is 14.9 Å². The standard InChI is InChI=1S/C23H48O3/c1-2-3-4-5-6-7-8-9-10-11-12-13-14-15-16-17-18-19-20-26-23(21-24)22-25/h23-25H,2-22H2,1H3. The topological polar surface area (TPSA) is 49.7 Å². The minimum atomic E-state index is -0.388. The van der Waals surface area contributed by atoms with Crippen LogP contribution in [0.25, 0.3) is 0 Å². The van der Waals surface area contributed by atoms with Crippen LogP contribution in [0.3, 0.4) is 0 Å². The molecule has 0 atom stereocenters. The summed E-state index contributed by atoms with van der Waals surface area (Å²) in [7, 11) is 0. The average Bonchev–Trinajstić information content (AvgIpc) is 2.66. The normalized spacial score (nSPS) is 11.5. The largest absolute Gasteiger partial charge is 0.394 e. The summed E-state index contributed by atoms with van der Waals surface area (Å²) < 4.78 is 5.37. The second-order valence-electron chi connectivity index (χ2n) is 7.87. The van der Waals surface area contributed by atoms with Gasteiger partial charge >= 0.3 is 0 Å². The Kier molecular flexibility index (Phi) is 22.8.